The molecule has 19 heavy (non-hydrogen) atoms. The molecule has 0 aliphatic rings. The fraction of sp³-hybridized carbons (Fsp3) is 0.250. The Labute approximate surface area is 110 Å². The summed E-state index contributed by atoms with van der Waals surface area (Å²) in [7, 11) is 0. The van der Waals surface area contributed by atoms with Crippen LogP contribution in [-0.4, -0.2) is 32.6 Å². The molecule has 0 aliphatic carbocycles. The number of hydrogen-bond acceptors (Lipinski definition) is 6. The van der Waals surface area contributed by atoms with Gasteiger partial charge in [0, 0.05) is 18.9 Å². The first-order valence-electron chi connectivity index (χ1n) is 5.94. The lowest BCUT2D eigenvalue weighted by Gasteiger charge is -2.10. The molecule has 0 fully saturated rings. The Morgan fingerprint density at radius 1 is 1.32 bits per heavy atom. The van der Waals surface area contributed by atoms with Gasteiger partial charge in [0.15, 0.2) is 0 Å². The molecule has 0 radical (unpaired) electrons. The molecule has 1 amide bonds. The Bertz CT molecular complexity index is 545. The normalized spacial score (nSPS) is 9.95. The summed E-state index contributed by atoms with van der Waals surface area (Å²) >= 11 is 0. The molecule has 2 rings (SSSR count). The van der Waals surface area contributed by atoms with Gasteiger partial charge in [-0.05, 0) is 12.5 Å². The summed E-state index contributed by atoms with van der Waals surface area (Å²) in [5.74, 6) is -0.155. The zero-order chi connectivity index (χ0) is 13.5. The molecule has 2 aromatic heterocycles. The minimum atomic E-state index is -0.320. The van der Waals surface area contributed by atoms with Crippen molar-refractivity contribution in [3.63, 3.8) is 0 Å². The molecule has 2 aromatic rings. The number of pyridine rings is 1. The van der Waals surface area contributed by atoms with Crippen molar-refractivity contribution in [2.75, 3.05) is 17.2 Å². The molecule has 98 valence electrons. The molecule has 7 heteroatoms. The van der Waals surface area contributed by atoms with E-state index in [1.165, 1.54) is 18.6 Å². The highest BCUT2D eigenvalue weighted by molar-refractivity contribution is 6.06. The highest BCUT2D eigenvalue weighted by atomic mass is 16.1. The molecule has 0 spiro atoms. The summed E-state index contributed by atoms with van der Waals surface area (Å²) < 4.78 is 0. The van der Waals surface area contributed by atoms with Crippen molar-refractivity contribution >= 4 is 17.5 Å². The zero-order valence-corrected chi connectivity index (χ0v) is 10.5. The topological polar surface area (TPSA) is 92.7 Å². The summed E-state index contributed by atoms with van der Waals surface area (Å²) in [6, 6.07) is 1.76. The van der Waals surface area contributed by atoms with E-state index >= 15 is 0 Å². The molecule has 0 saturated carbocycles. The molecule has 0 bridgehead atoms. The first-order chi connectivity index (χ1) is 9.31. The quantitative estimate of drug-likeness (QED) is 0.840. The summed E-state index contributed by atoms with van der Waals surface area (Å²) in [6.45, 7) is 2.84. The van der Waals surface area contributed by atoms with Gasteiger partial charge in [0.2, 0.25) is 5.95 Å². The van der Waals surface area contributed by atoms with Crippen molar-refractivity contribution in [1.29, 1.82) is 0 Å². The number of amides is 1. The van der Waals surface area contributed by atoms with Gasteiger partial charge in [-0.1, -0.05) is 6.92 Å². The highest BCUT2D eigenvalue weighted by Crippen LogP contribution is 2.14. The van der Waals surface area contributed by atoms with Gasteiger partial charge in [-0.3, -0.25) is 15.1 Å². The van der Waals surface area contributed by atoms with E-state index in [9.17, 15) is 4.79 Å². The van der Waals surface area contributed by atoms with E-state index in [0.29, 0.717) is 5.56 Å². The molecule has 0 saturated heterocycles. The van der Waals surface area contributed by atoms with Gasteiger partial charge < -0.3 is 5.32 Å². The van der Waals surface area contributed by atoms with Gasteiger partial charge in [-0.25, -0.2) is 4.98 Å². The van der Waals surface area contributed by atoms with Gasteiger partial charge in [0.1, 0.15) is 0 Å². The van der Waals surface area contributed by atoms with Gasteiger partial charge in [-0.2, -0.15) is 5.10 Å². The van der Waals surface area contributed by atoms with E-state index in [4.69, 9.17) is 0 Å². The van der Waals surface area contributed by atoms with Crippen molar-refractivity contribution in [3.05, 3.63) is 36.4 Å². The average Bonchev–Trinajstić information content (AvgIpc) is 2.46. The van der Waals surface area contributed by atoms with Gasteiger partial charge in [0.25, 0.3) is 5.91 Å². The number of aromatic nitrogens is 4. The highest BCUT2D eigenvalue weighted by Gasteiger charge is 2.12. The fourth-order valence-corrected chi connectivity index (χ4v) is 1.46. The predicted molar refractivity (Wildman–Crippen MR) is 70.8 cm³/mol. The fourth-order valence-electron chi connectivity index (χ4n) is 1.46. The Hall–Kier alpha value is -2.57. The number of hydrogen-bond donors (Lipinski definition) is 2. The SMILES string of the molecule is CCCNc1ccncc1C(=O)Nc1nccnn1. The molecule has 0 unspecified atom stereocenters. The van der Waals surface area contributed by atoms with E-state index in [1.54, 1.807) is 12.3 Å². The molecular formula is C12H14N6O. The minimum absolute atomic E-state index is 0.165. The minimum Gasteiger partial charge on any atom is -0.384 e. The predicted octanol–water partition coefficient (Wildman–Crippen LogP) is 1.34. The number of nitrogens with zero attached hydrogens (tertiary/aromatic N) is 4. The second-order valence-corrected chi connectivity index (χ2v) is 3.77. The van der Waals surface area contributed by atoms with Crippen molar-refractivity contribution in [2.24, 2.45) is 0 Å². The maximum atomic E-state index is 12.1. The molecular weight excluding hydrogens is 244 g/mol. The number of rotatable bonds is 5. The van der Waals surface area contributed by atoms with Crippen LogP contribution in [-0.2, 0) is 0 Å². The second-order valence-electron chi connectivity index (χ2n) is 3.77. The third kappa shape index (κ3) is 3.44. The van der Waals surface area contributed by atoms with Crippen molar-refractivity contribution in [1.82, 2.24) is 20.2 Å². The molecule has 0 aliphatic heterocycles. The monoisotopic (exact) mass is 258 g/mol. The first kappa shape index (κ1) is 12.9. The van der Waals surface area contributed by atoms with Crippen LogP contribution in [0.25, 0.3) is 0 Å². The van der Waals surface area contributed by atoms with Crippen LogP contribution in [0.2, 0.25) is 0 Å². The maximum Gasteiger partial charge on any atom is 0.261 e. The van der Waals surface area contributed by atoms with Crippen LogP contribution in [0.15, 0.2) is 30.9 Å². The maximum absolute atomic E-state index is 12.1. The summed E-state index contributed by atoms with van der Waals surface area (Å²) in [6.07, 6.45) is 7.00. The standard InChI is InChI=1S/C12H14N6O/c1-2-4-14-10-3-5-13-8-9(10)11(19)17-12-15-6-7-16-18-12/h3,5-8H,2,4H2,1H3,(H,13,14)(H,15,17,18,19). The van der Waals surface area contributed by atoms with Gasteiger partial charge in [-0.15, -0.1) is 5.10 Å². The number of carbonyl (C=O) groups is 1. The van der Waals surface area contributed by atoms with E-state index in [2.05, 4.69) is 37.7 Å². The summed E-state index contributed by atoms with van der Waals surface area (Å²) in [4.78, 5) is 19.9. The Kier molecular flexibility index (Phi) is 4.33. The van der Waals surface area contributed by atoms with Crippen LogP contribution >= 0.6 is 0 Å². The lowest BCUT2D eigenvalue weighted by molar-refractivity contribution is 0.102. The first-order valence-corrected chi connectivity index (χ1v) is 5.94. The largest absolute Gasteiger partial charge is 0.384 e. The van der Waals surface area contributed by atoms with Gasteiger partial charge >= 0.3 is 0 Å². The van der Waals surface area contributed by atoms with Crippen LogP contribution in [0.3, 0.4) is 0 Å². The van der Waals surface area contributed by atoms with Crippen LogP contribution in [0.1, 0.15) is 23.7 Å². The van der Waals surface area contributed by atoms with Crippen molar-refractivity contribution < 1.29 is 4.79 Å². The third-order valence-corrected chi connectivity index (χ3v) is 2.34. The number of nitrogens with one attached hydrogen (secondary N) is 2. The van der Waals surface area contributed by atoms with E-state index < -0.39 is 0 Å². The molecule has 0 aromatic carbocycles. The Balaban J connectivity index is 2.14. The third-order valence-electron chi connectivity index (χ3n) is 2.34. The van der Waals surface area contributed by atoms with Crippen LogP contribution in [0.4, 0.5) is 11.6 Å². The van der Waals surface area contributed by atoms with Crippen LogP contribution in [0.5, 0.6) is 0 Å². The molecule has 7 nitrogen and oxygen atoms in total. The molecule has 2 heterocycles. The lowest BCUT2D eigenvalue weighted by Crippen LogP contribution is -2.17. The van der Waals surface area contributed by atoms with Crippen LogP contribution < -0.4 is 10.6 Å². The van der Waals surface area contributed by atoms with Crippen molar-refractivity contribution in [3.8, 4) is 0 Å². The lowest BCUT2D eigenvalue weighted by atomic mass is 10.2. The molecule has 2 N–H and O–H groups in total. The number of carbonyl (C=O) groups excluding carboxylic acids is 1. The van der Waals surface area contributed by atoms with Crippen LogP contribution in [0, 0.1) is 0 Å². The summed E-state index contributed by atoms with van der Waals surface area (Å²) in [5, 5.41) is 13.1. The average molecular weight is 258 g/mol. The van der Waals surface area contributed by atoms with E-state index in [0.717, 1.165) is 18.7 Å². The van der Waals surface area contributed by atoms with E-state index in [-0.39, 0.29) is 11.9 Å². The van der Waals surface area contributed by atoms with E-state index in [1.807, 2.05) is 0 Å². The number of anilines is 2. The Morgan fingerprint density at radius 3 is 2.95 bits per heavy atom. The zero-order valence-electron chi connectivity index (χ0n) is 10.5. The summed E-state index contributed by atoms with van der Waals surface area (Å²) in [5.41, 5.74) is 1.18. The van der Waals surface area contributed by atoms with Crippen molar-refractivity contribution in [2.45, 2.75) is 13.3 Å². The second kappa shape index (κ2) is 6.39. The Morgan fingerprint density at radius 2 is 2.21 bits per heavy atom. The smallest absolute Gasteiger partial charge is 0.261 e. The molecule has 0 atom stereocenters. The van der Waals surface area contributed by atoms with Gasteiger partial charge in [0.05, 0.1) is 23.6 Å².